The molecule has 0 saturated carbocycles. The summed E-state index contributed by atoms with van der Waals surface area (Å²) in [5, 5.41) is 13.2. The van der Waals surface area contributed by atoms with Crippen molar-refractivity contribution >= 4 is 33.3 Å². The van der Waals surface area contributed by atoms with Crippen LogP contribution in [0.25, 0.3) is 15.3 Å². The third-order valence-electron chi connectivity index (χ3n) is 5.18. The maximum absolute atomic E-state index is 13.2. The second kappa shape index (κ2) is 6.81. The van der Waals surface area contributed by atoms with Crippen LogP contribution in [-0.2, 0) is 12.8 Å². The smallest absolute Gasteiger partial charge is 0.275 e. The molecule has 5 rings (SSSR count). The van der Waals surface area contributed by atoms with Crippen molar-refractivity contribution in [1.29, 1.82) is 0 Å². The number of aromatic nitrogens is 5. The largest absolute Gasteiger partial charge is 0.305 e. The molecular formula is C21H22N6OS. The number of hydrogen-bond donors (Lipinski definition) is 1. The molecule has 0 aliphatic heterocycles. The highest BCUT2D eigenvalue weighted by atomic mass is 32.1. The number of carbonyl (C=O) groups is 1. The lowest BCUT2D eigenvalue weighted by Gasteiger charge is -2.12. The Bertz CT molecular complexity index is 1200. The van der Waals surface area contributed by atoms with Crippen molar-refractivity contribution in [2.24, 2.45) is 0 Å². The van der Waals surface area contributed by atoms with Gasteiger partial charge >= 0.3 is 0 Å². The standard InChI is InChI=1S/C21H22N6OS/c1-12(2)26-17(11-13(3)24-26)20(28)23-19-14-7-6-9-15(14)25-27(19)21-22-16-8-4-5-10-18(16)29-21/h4-5,8,10-12H,6-7,9H2,1-3H3,(H,23,28). The number of aryl methyl sites for hydroxylation is 2. The molecule has 29 heavy (non-hydrogen) atoms. The number of rotatable bonds is 4. The maximum atomic E-state index is 13.2. The molecule has 148 valence electrons. The second-order valence-electron chi connectivity index (χ2n) is 7.67. The molecule has 0 saturated heterocycles. The van der Waals surface area contributed by atoms with E-state index in [-0.39, 0.29) is 11.9 Å². The Morgan fingerprint density at radius 3 is 2.83 bits per heavy atom. The molecule has 0 atom stereocenters. The van der Waals surface area contributed by atoms with Gasteiger partial charge in [0, 0.05) is 11.6 Å². The van der Waals surface area contributed by atoms with Crippen molar-refractivity contribution in [2.75, 3.05) is 5.32 Å². The zero-order chi connectivity index (χ0) is 20.1. The van der Waals surface area contributed by atoms with Crippen LogP contribution >= 0.6 is 11.3 Å². The normalized spacial score (nSPS) is 13.4. The summed E-state index contributed by atoms with van der Waals surface area (Å²) < 4.78 is 4.67. The zero-order valence-corrected chi connectivity index (χ0v) is 17.5. The minimum atomic E-state index is -0.170. The molecule has 1 amide bonds. The molecule has 0 spiro atoms. The molecule has 0 radical (unpaired) electrons. The Labute approximate surface area is 172 Å². The lowest BCUT2D eigenvalue weighted by atomic mass is 10.2. The van der Waals surface area contributed by atoms with Gasteiger partial charge in [0.2, 0.25) is 5.13 Å². The number of nitrogens with one attached hydrogen (secondary N) is 1. The number of thiazole rings is 1. The second-order valence-corrected chi connectivity index (χ2v) is 8.68. The molecule has 3 aromatic heterocycles. The number of nitrogens with zero attached hydrogens (tertiary/aromatic N) is 5. The molecule has 0 bridgehead atoms. The highest BCUT2D eigenvalue weighted by Gasteiger charge is 2.27. The molecule has 0 fully saturated rings. The van der Waals surface area contributed by atoms with Crippen LogP contribution in [-0.4, -0.2) is 30.5 Å². The average Bonchev–Trinajstić information content (AvgIpc) is 3.43. The Hall–Kier alpha value is -3.00. The summed E-state index contributed by atoms with van der Waals surface area (Å²) >= 11 is 1.58. The summed E-state index contributed by atoms with van der Waals surface area (Å²) in [5.41, 5.74) is 4.49. The number of amides is 1. The first kappa shape index (κ1) is 18.1. The van der Waals surface area contributed by atoms with Crippen LogP contribution in [0.2, 0.25) is 0 Å². The molecule has 0 unspecified atom stereocenters. The van der Waals surface area contributed by atoms with Gasteiger partial charge in [0.25, 0.3) is 5.91 Å². The van der Waals surface area contributed by atoms with Gasteiger partial charge in [-0.15, -0.1) is 0 Å². The highest BCUT2D eigenvalue weighted by Crippen LogP contribution is 2.34. The summed E-state index contributed by atoms with van der Waals surface area (Å²) in [4.78, 5) is 17.9. The van der Waals surface area contributed by atoms with Gasteiger partial charge in [-0.05, 0) is 58.2 Å². The Morgan fingerprint density at radius 1 is 1.21 bits per heavy atom. The topological polar surface area (TPSA) is 77.6 Å². The fourth-order valence-corrected chi connectivity index (χ4v) is 4.78. The average molecular weight is 407 g/mol. The van der Waals surface area contributed by atoms with E-state index in [4.69, 9.17) is 10.1 Å². The third kappa shape index (κ3) is 3.04. The van der Waals surface area contributed by atoms with Crippen molar-refractivity contribution < 1.29 is 4.79 Å². The fraction of sp³-hybridized carbons (Fsp3) is 0.333. The predicted molar refractivity (Wildman–Crippen MR) is 114 cm³/mol. The molecule has 3 heterocycles. The van der Waals surface area contributed by atoms with Gasteiger partial charge in [-0.1, -0.05) is 23.5 Å². The van der Waals surface area contributed by atoms with Crippen LogP contribution in [0.1, 0.15) is 53.7 Å². The number of hydrogen-bond acceptors (Lipinski definition) is 5. The van der Waals surface area contributed by atoms with Crippen LogP contribution < -0.4 is 5.32 Å². The van der Waals surface area contributed by atoms with Gasteiger partial charge in [-0.3, -0.25) is 9.48 Å². The van der Waals surface area contributed by atoms with Crippen LogP contribution in [0.4, 0.5) is 5.82 Å². The lowest BCUT2D eigenvalue weighted by molar-refractivity contribution is 0.101. The number of benzene rings is 1. The Balaban J connectivity index is 1.57. The van der Waals surface area contributed by atoms with Crippen LogP contribution in [0.3, 0.4) is 0 Å². The summed E-state index contributed by atoms with van der Waals surface area (Å²) in [7, 11) is 0. The fourth-order valence-electron chi connectivity index (χ4n) is 3.86. The van der Waals surface area contributed by atoms with Gasteiger partial charge in [0.05, 0.1) is 21.6 Å². The maximum Gasteiger partial charge on any atom is 0.275 e. The quantitative estimate of drug-likeness (QED) is 0.548. The first-order valence-corrected chi connectivity index (χ1v) is 10.7. The molecule has 4 aromatic rings. The van der Waals surface area contributed by atoms with E-state index >= 15 is 0 Å². The third-order valence-corrected chi connectivity index (χ3v) is 6.19. The number of para-hydroxylation sites is 1. The van der Waals surface area contributed by atoms with Crippen molar-refractivity contribution in [3.63, 3.8) is 0 Å². The molecule has 1 aromatic carbocycles. The SMILES string of the molecule is Cc1cc(C(=O)Nc2c3c(nn2-c2nc4ccccc4s2)CCC3)n(C(C)C)n1. The van der Waals surface area contributed by atoms with E-state index in [1.54, 1.807) is 20.7 Å². The highest BCUT2D eigenvalue weighted by molar-refractivity contribution is 7.20. The van der Waals surface area contributed by atoms with Crippen molar-refractivity contribution in [3.8, 4) is 5.13 Å². The van der Waals surface area contributed by atoms with E-state index in [0.29, 0.717) is 5.69 Å². The zero-order valence-electron chi connectivity index (χ0n) is 16.6. The summed E-state index contributed by atoms with van der Waals surface area (Å²) in [6, 6.07) is 9.96. The van der Waals surface area contributed by atoms with E-state index in [9.17, 15) is 4.79 Å². The molecule has 1 aliphatic carbocycles. The molecule has 1 aliphatic rings. The van der Waals surface area contributed by atoms with Crippen LogP contribution in [0, 0.1) is 6.92 Å². The first-order chi connectivity index (χ1) is 14.0. The van der Waals surface area contributed by atoms with Gasteiger partial charge in [-0.25, -0.2) is 4.98 Å². The predicted octanol–water partition coefficient (Wildman–Crippen LogP) is 4.31. The van der Waals surface area contributed by atoms with Gasteiger partial charge in [0.1, 0.15) is 11.5 Å². The van der Waals surface area contributed by atoms with E-state index in [1.165, 1.54) is 0 Å². The van der Waals surface area contributed by atoms with Crippen LogP contribution in [0.5, 0.6) is 0 Å². The van der Waals surface area contributed by atoms with Gasteiger partial charge in [-0.2, -0.15) is 14.9 Å². The van der Waals surface area contributed by atoms with Gasteiger partial charge < -0.3 is 5.32 Å². The minimum absolute atomic E-state index is 0.101. The molecular weight excluding hydrogens is 384 g/mol. The van der Waals surface area contributed by atoms with Crippen molar-refractivity contribution in [2.45, 2.75) is 46.1 Å². The number of fused-ring (bicyclic) bond motifs is 2. The monoisotopic (exact) mass is 406 g/mol. The van der Waals surface area contributed by atoms with E-state index < -0.39 is 0 Å². The Morgan fingerprint density at radius 2 is 2.03 bits per heavy atom. The van der Waals surface area contributed by atoms with E-state index in [0.717, 1.165) is 57.4 Å². The minimum Gasteiger partial charge on any atom is -0.305 e. The summed E-state index contributed by atoms with van der Waals surface area (Å²) in [6.07, 6.45) is 2.90. The number of carbonyl (C=O) groups excluding carboxylic acids is 1. The van der Waals surface area contributed by atoms with E-state index in [2.05, 4.69) is 16.5 Å². The van der Waals surface area contributed by atoms with Crippen LogP contribution in [0.15, 0.2) is 30.3 Å². The summed E-state index contributed by atoms with van der Waals surface area (Å²) in [6.45, 7) is 5.94. The lowest BCUT2D eigenvalue weighted by Crippen LogP contribution is -2.21. The Kier molecular flexibility index (Phi) is 4.24. The molecule has 8 heteroatoms. The number of anilines is 1. The summed E-state index contributed by atoms with van der Waals surface area (Å²) in [5.74, 6) is 0.562. The van der Waals surface area contributed by atoms with Crippen molar-refractivity contribution in [3.05, 3.63) is 53.0 Å². The first-order valence-electron chi connectivity index (χ1n) is 9.85. The van der Waals surface area contributed by atoms with E-state index in [1.807, 2.05) is 45.0 Å². The molecule has 7 nitrogen and oxygen atoms in total. The van der Waals surface area contributed by atoms with Crippen molar-refractivity contribution in [1.82, 2.24) is 24.5 Å². The van der Waals surface area contributed by atoms with Gasteiger partial charge in [0.15, 0.2) is 0 Å². The molecule has 1 N–H and O–H groups in total.